The summed E-state index contributed by atoms with van der Waals surface area (Å²) in [6, 6.07) is 0. The molecule has 11 nitrogen and oxygen atoms in total. The summed E-state index contributed by atoms with van der Waals surface area (Å²) < 4.78 is 10.1. The summed E-state index contributed by atoms with van der Waals surface area (Å²) in [5.74, 6) is -2.69. The zero-order chi connectivity index (χ0) is 25.3. The fourth-order valence-corrected chi connectivity index (χ4v) is 3.40. The smallest absolute Gasteiger partial charge is 0.342 e. The maximum Gasteiger partial charge on any atom is 0.342 e. The minimum absolute atomic E-state index is 0.0887. The van der Waals surface area contributed by atoms with Gasteiger partial charge < -0.3 is 30.3 Å². The lowest BCUT2D eigenvalue weighted by Crippen LogP contribution is -2.37. The van der Waals surface area contributed by atoms with Crippen LogP contribution in [0.15, 0.2) is 34.3 Å². The Balaban J connectivity index is 1.66. The van der Waals surface area contributed by atoms with Crippen molar-refractivity contribution in [3.8, 4) is 0 Å². The molecule has 2 amide bonds. The molecule has 0 radical (unpaired) electrons. The molecule has 2 rings (SSSR count). The lowest BCUT2D eigenvalue weighted by molar-refractivity contribution is -0.151. The van der Waals surface area contributed by atoms with E-state index in [2.05, 4.69) is 15.4 Å². The lowest BCUT2D eigenvalue weighted by atomic mass is 9.97. The van der Waals surface area contributed by atoms with Crippen LogP contribution in [-0.4, -0.2) is 65.6 Å². The Kier molecular flexibility index (Phi) is 10.1. The number of nitrogens with one attached hydrogen (secondary N) is 2. The summed E-state index contributed by atoms with van der Waals surface area (Å²) in [7, 11) is 0. The second kappa shape index (κ2) is 12.8. The van der Waals surface area contributed by atoms with Crippen molar-refractivity contribution in [2.75, 3.05) is 19.8 Å². The van der Waals surface area contributed by atoms with Crippen LogP contribution in [0.3, 0.4) is 0 Å². The number of aliphatic hydroxyl groups is 2. The van der Waals surface area contributed by atoms with Crippen molar-refractivity contribution in [2.45, 2.75) is 58.5 Å². The molecule has 0 aromatic carbocycles. The van der Waals surface area contributed by atoms with Gasteiger partial charge in [0.2, 0.25) is 17.6 Å². The van der Waals surface area contributed by atoms with Gasteiger partial charge in [-0.25, -0.2) is 9.59 Å². The number of aliphatic hydroxyl groups excluding tert-OH is 2. The van der Waals surface area contributed by atoms with Crippen molar-refractivity contribution >= 4 is 29.5 Å². The topological polar surface area (TPSA) is 168 Å². The third-order valence-corrected chi connectivity index (χ3v) is 5.34. The Morgan fingerprint density at radius 3 is 2.44 bits per heavy atom. The first-order valence-electron chi connectivity index (χ1n) is 11.1. The van der Waals surface area contributed by atoms with Crippen LogP contribution >= 0.6 is 0 Å². The van der Waals surface area contributed by atoms with E-state index < -0.39 is 36.3 Å². The second-order valence-corrected chi connectivity index (χ2v) is 7.96. The van der Waals surface area contributed by atoms with E-state index in [9.17, 15) is 34.2 Å². The van der Waals surface area contributed by atoms with Crippen LogP contribution in [0.4, 0.5) is 0 Å². The molecule has 0 fully saturated rings. The van der Waals surface area contributed by atoms with Gasteiger partial charge in [-0.05, 0) is 37.8 Å². The van der Waals surface area contributed by atoms with Gasteiger partial charge in [-0.2, -0.15) is 0 Å². The summed E-state index contributed by atoms with van der Waals surface area (Å²) in [6.45, 7) is 2.94. The van der Waals surface area contributed by atoms with Crippen LogP contribution in [-0.2, 0) is 33.4 Å². The number of hydrogen-bond acceptors (Lipinski definition) is 9. The van der Waals surface area contributed by atoms with Crippen LogP contribution in [0.25, 0.3) is 0 Å². The summed E-state index contributed by atoms with van der Waals surface area (Å²) >= 11 is 0. The number of rotatable bonds is 13. The number of allylic oxidation sites excluding steroid dienone is 1. The number of Topliss-reactive ketones (excluding diaryl/α,β-unsaturated/α-hetero) is 1. The quantitative estimate of drug-likeness (QED) is 0.163. The van der Waals surface area contributed by atoms with E-state index in [1.54, 1.807) is 0 Å². The normalized spacial score (nSPS) is 18.2. The largest absolute Gasteiger partial charge is 0.491 e. The number of amides is 2. The molecule has 1 unspecified atom stereocenters. The first kappa shape index (κ1) is 26.9. The maximum atomic E-state index is 12.2. The molecule has 1 aliphatic heterocycles. The van der Waals surface area contributed by atoms with Crippen molar-refractivity contribution in [3.05, 3.63) is 34.3 Å². The second-order valence-electron chi connectivity index (χ2n) is 7.96. The molecule has 1 atom stereocenters. The van der Waals surface area contributed by atoms with Gasteiger partial charge in [-0.3, -0.25) is 14.4 Å². The van der Waals surface area contributed by atoms with E-state index in [1.807, 2.05) is 0 Å². The van der Waals surface area contributed by atoms with Gasteiger partial charge in [-0.1, -0.05) is 12.8 Å². The zero-order valence-corrected chi connectivity index (χ0v) is 19.3. The minimum atomic E-state index is -1.52. The average Bonchev–Trinajstić information content (AvgIpc) is 3.03. The molecule has 0 aromatic rings. The molecule has 0 saturated heterocycles. The third-order valence-electron chi connectivity index (χ3n) is 5.34. The van der Waals surface area contributed by atoms with E-state index in [-0.39, 0.29) is 53.5 Å². The standard InChI is InChI=1S/C23H30N2O9/c1-13-16(23(32)34-22(13)31)7-8-18(28)24-9-5-3-4-6-10-33-17-11-15(12-26)20(29)21(30)19(17)25-14(2)27/h11,20,26,29H,3-10,12H2,1-2H3,(H,24,28)(H,25,27). The summed E-state index contributed by atoms with van der Waals surface area (Å²) in [5, 5.41) is 24.3. The predicted octanol–water partition coefficient (Wildman–Crippen LogP) is 0.0697. The van der Waals surface area contributed by atoms with Gasteiger partial charge in [0.1, 0.15) is 17.6 Å². The highest BCUT2D eigenvalue weighted by Gasteiger charge is 2.32. The Hall–Kier alpha value is -3.31. The zero-order valence-electron chi connectivity index (χ0n) is 19.3. The number of carbonyl (C=O) groups excluding carboxylic acids is 5. The summed E-state index contributed by atoms with van der Waals surface area (Å²) in [4.78, 5) is 58.3. The SMILES string of the molecule is CC(=O)NC1=C(OCCCCCCNC(=O)CCC2=C(C)C(=O)OC2=O)C=C(CO)C(O)C1=O. The Labute approximate surface area is 196 Å². The molecule has 0 aromatic heterocycles. The highest BCUT2D eigenvalue weighted by atomic mass is 16.6. The molecular formula is C23H30N2O9. The predicted molar refractivity (Wildman–Crippen MR) is 117 cm³/mol. The van der Waals surface area contributed by atoms with E-state index in [0.717, 1.165) is 19.3 Å². The minimum Gasteiger partial charge on any atom is -0.491 e. The van der Waals surface area contributed by atoms with E-state index in [1.165, 1.54) is 19.9 Å². The molecule has 34 heavy (non-hydrogen) atoms. The van der Waals surface area contributed by atoms with Crippen LogP contribution in [0.5, 0.6) is 0 Å². The van der Waals surface area contributed by atoms with E-state index in [4.69, 9.17) is 4.74 Å². The highest BCUT2D eigenvalue weighted by Crippen LogP contribution is 2.22. The Morgan fingerprint density at radius 2 is 1.82 bits per heavy atom. The Bertz CT molecular complexity index is 946. The van der Waals surface area contributed by atoms with Crippen LogP contribution in [0, 0.1) is 0 Å². The molecule has 0 saturated carbocycles. The van der Waals surface area contributed by atoms with Gasteiger partial charge >= 0.3 is 11.9 Å². The summed E-state index contributed by atoms with van der Waals surface area (Å²) in [6.07, 6.45) is 3.04. The summed E-state index contributed by atoms with van der Waals surface area (Å²) in [5.41, 5.74) is 0.442. The molecule has 1 heterocycles. The van der Waals surface area contributed by atoms with Crippen LogP contribution in [0.2, 0.25) is 0 Å². The van der Waals surface area contributed by atoms with Crippen molar-refractivity contribution < 1.29 is 43.7 Å². The Morgan fingerprint density at radius 1 is 1.12 bits per heavy atom. The number of esters is 2. The number of ether oxygens (including phenoxy) is 2. The van der Waals surface area contributed by atoms with E-state index >= 15 is 0 Å². The molecule has 0 bridgehead atoms. The number of carbonyl (C=O) groups is 5. The average molecular weight is 478 g/mol. The molecule has 0 spiro atoms. The van der Waals surface area contributed by atoms with Crippen LogP contribution in [0.1, 0.15) is 52.4 Å². The number of unbranched alkanes of at least 4 members (excludes halogenated alkanes) is 3. The lowest BCUT2D eigenvalue weighted by Gasteiger charge is -2.22. The van der Waals surface area contributed by atoms with Gasteiger partial charge in [0.25, 0.3) is 0 Å². The maximum absolute atomic E-state index is 12.2. The number of ketones is 1. The van der Waals surface area contributed by atoms with Crippen molar-refractivity contribution in [1.29, 1.82) is 0 Å². The molecule has 1 aliphatic carbocycles. The van der Waals surface area contributed by atoms with Crippen molar-refractivity contribution in [1.82, 2.24) is 10.6 Å². The molecule has 186 valence electrons. The number of hydrogen-bond donors (Lipinski definition) is 4. The molecule has 4 N–H and O–H groups in total. The van der Waals surface area contributed by atoms with E-state index in [0.29, 0.717) is 13.0 Å². The van der Waals surface area contributed by atoms with Gasteiger partial charge in [0.15, 0.2) is 0 Å². The molecule has 11 heteroatoms. The fourth-order valence-electron chi connectivity index (χ4n) is 3.40. The third kappa shape index (κ3) is 7.35. The first-order valence-corrected chi connectivity index (χ1v) is 11.1. The van der Waals surface area contributed by atoms with Gasteiger partial charge in [-0.15, -0.1) is 0 Å². The molecule has 2 aliphatic rings. The van der Waals surface area contributed by atoms with Crippen molar-refractivity contribution in [2.24, 2.45) is 0 Å². The van der Waals surface area contributed by atoms with Crippen LogP contribution < -0.4 is 10.6 Å². The van der Waals surface area contributed by atoms with Crippen molar-refractivity contribution in [3.63, 3.8) is 0 Å². The highest BCUT2D eigenvalue weighted by molar-refractivity contribution is 6.12. The molecular weight excluding hydrogens is 448 g/mol. The van der Waals surface area contributed by atoms with Gasteiger partial charge in [0, 0.05) is 31.0 Å². The fraction of sp³-hybridized carbons (Fsp3) is 0.522. The first-order chi connectivity index (χ1) is 16.1. The monoisotopic (exact) mass is 478 g/mol. The number of cyclic esters (lactones) is 2. The van der Waals surface area contributed by atoms with Gasteiger partial charge in [0.05, 0.1) is 13.2 Å².